The number of ether oxygens (including phenoxy) is 4. The molecule has 0 bridgehead atoms. The molecule has 0 radical (unpaired) electrons. The maximum absolute atomic E-state index is 12.8. The maximum Gasteiger partial charge on any atom is 0.361 e. The minimum absolute atomic E-state index is 0.182. The molecule has 0 fully saturated rings. The molecule has 58 heavy (non-hydrogen) atoms. The number of allylic oxidation sites excluding steroid dienone is 8. The molecule has 0 saturated carbocycles. The number of rotatable bonds is 42. The molecule has 0 aliphatic carbocycles. The highest BCUT2D eigenvalue weighted by molar-refractivity contribution is 5.71. The molecule has 0 saturated heterocycles. The standard InChI is InChI=1S/C49H87NO8/c1-6-8-10-12-14-16-17-18-19-20-21-22-23-24-25-26-27-28-29-30-31-32-34-36-38-40-47(52)58-45(44-57-49(48(53)54)55-42-41-50(3,4)5)43-56-46(51)39-37-35-33-15-13-11-9-7-2/h8,10,14,16,18-19,21-22,45,49H,6-7,9,11-13,15,17,20,23-44H2,1-5H3/p+1/b10-8-,16-14-,19-18-,22-21-. The fraction of sp³-hybridized carbons (Fsp3) is 0.776. The summed E-state index contributed by atoms with van der Waals surface area (Å²) < 4.78 is 22.7. The lowest BCUT2D eigenvalue weighted by atomic mass is 10.0. The molecule has 0 rings (SSSR count). The van der Waals surface area contributed by atoms with Crippen LogP contribution in [-0.2, 0) is 33.3 Å². The first-order valence-electron chi connectivity index (χ1n) is 23.3. The van der Waals surface area contributed by atoms with Crippen LogP contribution >= 0.6 is 0 Å². The number of aliphatic carboxylic acids is 1. The van der Waals surface area contributed by atoms with E-state index in [1.165, 1.54) is 96.3 Å². The van der Waals surface area contributed by atoms with Crippen molar-refractivity contribution in [1.82, 2.24) is 0 Å². The van der Waals surface area contributed by atoms with E-state index in [-0.39, 0.29) is 32.2 Å². The van der Waals surface area contributed by atoms with Gasteiger partial charge < -0.3 is 28.5 Å². The molecule has 0 amide bonds. The second kappa shape index (κ2) is 41.0. The Balaban J connectivity index is 4.22. The van der Waals surface area contributed by atoms with Crippen molar-refractivity contribution in [2.75, 3.05) is 47.5 Å². The van der Waals surface area contributed by atoms with Gasteiger partial charge >= 0.3 is 17.9 Å². The molecule has 336 valence electrons. The van der Waals surface area contributed by atoms with Gasteiger partial charge in [-0.15, -0.1) is 0 Å². The Morgan fingerprint density at radius 3 is 1.47 bits per heavy atom. The first-order chi connectivity index (χ1) is 28.1. The van der Waals surface area contributed by atoms with Crippen LogP contribution in [0.15, 0.2) is 48.6 Å². The Kier molecular flexibility index (Phi) is 39.1. The first-order valence-corrected chi connectivity index (χ1v) is 23.3. The van der Waals surface area contributed by atoms with Gasteiger partial charge in [-0.2, -0.15) is 0 Å². The van der Waals surface area contributed by atoms with Gasteiger partial charge in [0.25, 0.3) is 6.29 Å². The number of carbonyl (C=O) groups is 3. The number of likely N-dealkylation sites (N-methyl/N-ethyl adjacent to an activating group) is 1. The molecule has 9 nitrogen and oxygen atoms in total. The van der Waals surface area contributed by atoms with E-state index in [0.717, 1.165) is 64.2 Å². The van der Waals surface area contributed by atoms with Gasteiger partial charge in [-0.1, -0.05) is 172 Å². The molecule has 1 N–H and O–H groups in total. The highest BCUT2D eigenvalue weighted by Crippen LogP contribution is 2.15. The zero-order valence-corrected chi connectivity index (χ0v) is 37.9. The van der Waals surface area contributed by atoms with Crippen molar-refractivity contribution in [3.63, 3.8) is 0 Å². The molecule has 0 spiro atoms. The van der Waals surface area contributed by atoms with Crippen LogP contribution in [-0.4, -0.2) is 87.4 Å². The van der Waals surface area contributed by atoms with Crippen molar-refractivity contribution >= 4 is 17.9 Å². The van der Waals surface area contributed by atoms with Crippen molar-refractivity contribution in [2.45, 2.75) is 200 Å². The summed E-state index contributed by atoms with van der Waals surface area (Å²) in [6, 6.07) is 0. The minimum atomic E-state index is -1.51. The normalized spacial score (nSPS) is 13.3. The summed E-state index contributed by atoms with van der Waals surface area (Å²) in [5, 5.41) is 9.62. The van der Waals surface area contributed by atoms with Crippen molar-refractivity contribution in [1.29, 1.82) is 0 Å². The van der Waals surface area contributed by atoms with Crippen molar-refractivity contribution in [3.05, 3.63) is 48.6 Å². The maximum atomic E-state index is 12.8. The van der Waals surface area contributed by atoms with Gasteiger partial charge in [0, 0.05) is 12.8 Å². The number of unbranched alkanes of at least 4 members (excludes halogenated alkanes) is 19. The lowest BCUT2D eigenvalue weighted by Crippen LogP contribution is -2.40. The summed E-state index contributed by atoms with van der Waals surface area (Å²) in [6.07, 6.45) is 44.7. The van der Waals surface area contributed by atoms with Crippen LogP contribution in [0.4, 0.5) is 0 Å². The summed E-state index contributed by atoms with van der Waals surface area (Å²) in [7, 11) is 5.95. The van der Waals surface area contributed by atoms with E-state index >= 15 is 0 Å². The van der Waals surface area contributed by atoms with Gasteiger partial charge in [0.2, 0.25) is 0 Å². The van der Waals surface area contributed by atoms with E-state index in [0.29, 0.717) is 17.4 Å². The van der Waals surface area contributed by atoms with E-state index in [2.05, 4.69) is 62.5 Å². The average molecular weight is 819 g/mol. The largest absolute Gasteiger partial charge is 0.477 e. The second-order valence-corrected chi connectivity index (χ2v) is 16.7. The van der Waals surface area contributed by atoms with E-state index < -0.39 is 24.3 Å². The Morgan fingerprint density at radius 2 is 0.983 bits per heavy atom. The summed E-state index contributed by atoms with van der Waals surface area (Å²) >= 11 is 0. The molecule has 9 heteroatoms. The minimum Gasteiger partial charge on any atom is -0.477 e. The predicted octanol–water partition coefficient (Wildman–Crippen LogP) is 12.4. The molecule has 0 aliphatic rings. The molecule has 0 aromatic rings. The Hall–Kier alpha value is -2.75. The lowest BCUT2D eigenvalue weighted by Gasteiger charge is -2.25. The Labute approximate surface area is 355 Å². The molecule has 0 heterocycles. The van der Waals surface area contributed by atoms with Gasteiger partial charge in [0.15, 0.2) is 6.10 Å². The highest BCUT2D eigenvalue weighted by atomic mass is 16.7. The van der Waals surface area contributed by atoms with Crippen molar-refractivity contribution in [2.24, 2.45) is 0 Å². The molecular weight excluding hydrogens is 731 g/mol. The van der Waals surface area contributed by atoms with Gasteiger partial charge in [-0.3, -0.25) is 9.59 Å². The molecular formula is C49H88NO8+. The quantitative estimate of drug-likeness (QED) is 0.0213. The number of esters is 2. The fourth-order valence-corrected chi connectivity index (χ4v) is 6.24. The monoisotopic (exact) mass is 819 g/mol. The Bertz CT molecular complexity index is 1090. The van der Waals surface area contributed by atoms with Gasteiger partial charge in [-0.25, -0.2) is 4.79 Å². The predicted molar refractivity (Wildman–Crippen MR) is 240 cm³/mol. The van der Waals surface area contributed by atoms with E-state index in [9.17, 15) is 19.5 Å². The number of hydrogen-bond donors (Lipinski definition) is 1. The summed E-state index contributed by atoms with van der Waals surface area (Å²) in [4.78, 5) is 37.0. The van der Waals surface area contributed by atoms with Gasteiger partial charge in [0.05, 0.1) is 34.4 Å². The number of nitrogens with zero attached hydrogens (tertiary/aromatic N) is 1. The average Bonchev–Trinajstić information content (AvgIpc) is 3.18. The molecule has 0 aliphatic heterocycles. The molecule has 2 atom stereocenters. The van der Waals surface area contributed by atoms with Crippen LogP contribution in [0, 0.1) is 0 Å². The highest BCUT2D eigenvalue weighted by Gasteiger charge is 2.25. The lowest BCUT2D eigenvalue weighted by molar-refractivity contribution is -0.870. The van der Waals surface area contributed by atoms with Crippen LogP contribution in [0.25, 0.3) is 0 Å². The van der Waals surface area contributed by atoms with Crippen LogP contribution in [0.1, 0.15) is 187 Å². The van der Waals surface area contributed by atoms with Crippen molar-refractivity contribution in [3.8, 4) is 0 Å². The van der Waals surface area contributed by atoms with E-state index in [1.54, 1.807) is 0 Å². The molecule has 0 aromatic heterocycles. The van der Waals surface area contributed by atoms with Crippen molar-refractivity contribution < 1.29 is 42.9 Å². The third-order valence-corrected chi connectivity index (χ3v) is 9.85. The summed E-state index contributed by atoms with van der Waals surface area (Å²) in [6.45, 7) is 4.72. The smallest absolute Gasteiger partial charge is 0.361 e. The number of carbonyl (C=O) groups excluding carboxylic acids is 2. The first kappa shape index (κ1) is 55.2. The third-order valence-electron chi connectivity index (χ3n) is 9.85. The fourth-order valence-electron chi connectivity index (χ4n) is 6.24. The Morgan fingerprint density at radius 1 is 0.534 bits per heavy atom. The van der Waals surface area contributed by atoms with Crippen LogP contribution in [0.2, 0.25) is 0 Å². The van der Waals surface area contributed by atoms with E-state index in [1.807, 2.05) is 21.1 Å². The molecule has 0 aromatic carbocycles. The number of hydrogen-bond acceptors (Lipinski definition) is 7. The van der Waals surface area contributed by atoms with Crippen LogP contribution in [0.3, 0.4) is 0 Å². The summed E-state index contributed by atoms with van der Waals surface area (Å²) in [5.41, 5.74) is 0. The van der Waals surface area contributed by atoms with Gasteiger partial charge in [-0.05, 0) is 51.4 Å². The third kappa shape index (κ3) is 41.4. The second-order valence-electron chi connectivity index (χ2n) is 16.7. The van der Waals surface area contributed by atoms with E-state index in [4.69, 9.17) is 18.9 Å². The molecule has 2 unspecified atom stereocenters. The number of quaternary nitrogens is 1. The summed E-state index contributed by atoms with van der Waals surface area (Å²) in [5.74, 6) is -2.01. The van der Waals surface area contributed by atoms with Crippen LogP contribution < -0.4 is 0 Å². The SMILES string of the molecule is CC/C=C\C/C=C\C/C=C\C/C=C\CCCCCCCCCCCCCCC(=O)OC(COC(=O)CCCCCCCCCC)COC(OCC[N+](C)(C)C)C(=O)O. The zero-order chi connectivity index (χ0) is 42.8. The van der Waals surface area contributed by atoms with Crippen LogP contribution in [0.5, 0.6) is 0 Å². The zero-order valence-electron chi connectivity index (χ0n) is 37.9. The number of carboxylic acid groups (broad SMARTS) is 1. The van der Waals surface area contributed by atoms with Gasteiger partial charge in [0.1, 0.15) is 13.2 Å². The topological polar surface area (TPSA) is 108 Å². The number of carboxylic acids is 1.